The molecule has 0 heterocycles. The Kier molecular flexibility index (Phi) is 5.10. The van der Waals surface area contributed by atoms with Gasteiger partial charge in [-0.1, -0.05) is 25.1 Å². The summed E-state index contributed by atoms with van der Waals surface area (Å²) >= 11 is 0. The van der Waals surface area contributed by atoms with Gasteiger partial charge >= 0.3 is 5.97 Å². The molecule has 0 aromatic heterocycles. The highest BCUT2D eigenvalue weighted by molar-refractivity contribution is 5.72. The average molecular weight is 239 g/mol. The topological polar surface area (TPSA) is 29.5 Å². The number of hydrogen-bond donors (Lipinski definition) is 0. The van der Waals surface area contributed by atoms with Gasteiger partial charge < -0.3 is 9.64 Å². The van der Waals surface area contributed by atoms with Gasteiger partial charge in [-0.05, 0) is 13.1 Å². The van der Waals surface area contributed by atoms with Crippen molar-refractivity contribution in [3.8, 4) is 0 Å². The van der Waals surface area contributed by atoms with Gasteiger partial charge in [0.1, 0.15) is 5.82 Å². The Hall–Kier alpha value is -1.42. The number of benzene rings is 1. The number of nitrogens with zero attached hydrogens (tertiary/aromatic N) is 1. The van der Waals surface area contributed by atoms with Crippen molar-refractivity contribution in [1.82, 2.24) is 4.90 Å². The summed E-state index contributed by atoms with van der Waals surface area (Å²) in [5.41, 5.74) is 0.632. The maximum atomic E-state index is 13.4. The molecule has 0 saturated heterocycles. The monoisotopic (exact) mass is 239 g/mol. The zero-order valence-electron chi connectivity index (χ0n) is 10.4. The van der Waals surface area contributed by atoms with Crippen LogP contribution in [0.3, 0.4) is 0 Å². The van der Waals surface area contributed by atoms with Crippen molar-refractivity contribution in [3.63, 3.8) is 0 Å². The molecule has 94 valence electrons. The van der Waals surface area contributed by atoms with Crippen LogP contribution in [0.25, 0.3) is 0 Å². The molecule has 0 aliphatic carbocycles. The van der Waals surface area contributed by atoms with Crippen LogP contribution in [0.15, 0.2) is 24.3 Å². The van der Waals surface area contributed by atoms with Crippen LogP contribution in [-0.2, 0) is 16.1 Å². The van der Waals surface area contributed by atoms with Crippen molar-refractivity contribution in [2.75, 3.05) is 20.7 Å². The molecule has 0 aliphatic rings. The Labute approximate surface area is 101 Å². The number of carbonyl (C=O) groups excluding carboxylic acids is 1. The van der Waals surface area contributed by atoms with Crippen LogP contribution in [0.1, 0.15) is 12.5 Å². The maximum absolute atomic E-state index is 13.4. The lowest BCUT2D eigenvalue weighted by Crippen LogP contribution is -2.29. The molecule has 1 aromatic carbocycles. The summed E-state index contributed by atoms with van der Waals surface area (Å²) in [6.07, 6.45) is 0. The van der Waals surface area contributed by atoms with Gasteiger partial charge in [-0.25, -0.2) is 4.39 Å². The summed E-state index contributed by atoms with van der Waals surface area (Å²) in [4.78, 5) is 13.1. The fourth-order valence-electron chi connectivity index (χ4n) is 1.73. The fraction of sp³-hybridized carbons (Fsp3) is 0.462. The molecule has 3 nitrogen and oxygen atoms in total. The lowest BCUT2D eigenvalue weighted by Gasteiger charge is -2.20. The van der Waals surface area contributed by atoms with Gasteiger partial charge in [0.05, 0.1) is 13.0 Å². The quantitative estimate of drug-likeness (QED) is 0.737. The number of carbonyl (C=O) groups is 1. The molecular weight excluding hydrogens is 221 g/mol. The van der Waals surface area contributed by atoms with Crippen LogP contribution in [0, 0.1) is 11.7 Å². The molecule has 1 rings (SSSR count). The second-order valence-corrected chi connectivity index (χ2v) is 4.21. The maximum Gasteiger partial charge on any atom is 0.309 e. The van der Waals surface area contributed by atoms with E-state index in [1.54, 1.807) is 25.1 Å². The third kappa shape index (κ3) is 4.15. The standard InChI is InChI=1S/C13H18FNO2/c1-10(13(16)17-3)8-15(2)9-11-6-4-5-7-12(11)14/h4-7,10H,8-9H2,1-3H3. The SMILES string of the molecule is COC(=O)C(C)CN(C)Cc1ccccc1F. The first kappa shape index (κ1) is 13.6. The van der Waals surface area contributed by atoms with Crippen molar-refractivity contribution in [3.05, 3.63) is 35.6 Å². The summed E-state index contributed by atoms with van der Waals surface area (Å²) in [6.45, 7) is 2.82. The van der Waals surface area contributed by atoms with E-state index in [1.807, 2.05) is 11.9 Å². The van der Waals surface area contributed by atoms with E-state index in [2.05, 4.69) is 4.74 Å². The molecule has 0 aliphatic heterocycles. The van der Waals surface area contributed by atoms with Gasteiger partial charge in [0, 0.05) is 18.7 Å². The molecular formula is C13H18FNO2. The summed E-state index contributed by atoms with van der Waals surface area (Å²) in [7, 11) is 3.22. The van der Waals surface area contributed by atoms with E-state index in [1.165, 1.54) is 13.2 Å². The average Bonchev–Trinajstić information content (AvgIpc) is 2.31. The molecule has 1 aromatic rings. The summed E-state index contributed by atoms with van der Waals surface area (Å²) in [5, 5.41) is 0. The lowest BCUT2D eigenvalue weighted by atomic mass is 10.1. The van der Waals surface area contributed by atoms with E-state index >= 15 is 0 Å². The minimum absolute atomic E-state index is 0.211. The Balaban J connectivity index is 2.53. The smallest absolute Gasteiger partial charge is 0.309 e. The fourth-order valence-corrected chi connectivity index (χ4v) is 1.73. The first-order chi connectivity index (χ1) is 8.04. The molecule has 0 spiro atoms. The first-order valence-corrected chi connectivity index (χ1v) is 5.54. The third-order valence-corrected chi connectivity index (χ3v) is 2.59. The molecule has 0 fully saturated rings. The van der Waals surface area contributed by atoms with Gasteiger partial charge in [-0.2, -0.15) is 0 Å². The Morgan fingerprint density at radius 2 is 2.12 bits per heavy atom. The van der Waals surface area contributed by atoms with Crippen LogP contribution in [0.4, 0.5) is 4.39 Å². The van der Waals surface area contributed by atoms with Gasteiger partial charge in [0.25, 0.3) is 0 Å². The molecule has 1 atom stereocenters. The van der Waals surface area contributed by atoms with Gasteiger partial charge in [0.2, 0.25) is 0 Å². The van der Waals surface area contributed by atoms with Crippen LogP contribution in [-0.4, -0.2) is 31.6 Å². The summed E-state index contributed by atoms with van der Waals surface area (Å²) in [5.74, 6) is -0.674. The predicted molar refractivity (Wildman–Crippen MR) is 63.9 cm³/mol. The number of ether oxygens (including phenoxy) is 1. The number of rotatable bonds is 5. The third-order valence-electron chi connectivity index (χ3n) is 2.59. The van der Waals surface area contributed by atoms with Gasteiger partial charge in [-0.15, -0.1) is 0 Å². The van der Waals surface area contributed by atoms with Crippen LogP contribution in [0.5, 0.6) is 0 Å². The van der Waals surface area contributed by atoms with E-state index < -0.39 is 0 Å². The van der Waals surface area contributed by atoms with Crippen LogP contribution < -0.4 is 0 Å². The highest BCUT2D eigenvalue weighted by Crippen LogP contribution is 2.10. The molecule has 0 bridgehead atoms. The highest BCUT2D eigenvalue weighted by Gasteiger charge is 2.16. The minimum Gasteiger partial charge on any atom is -0.469 e. The molecule has 0 radical (unpaired) electrons. The first-order valence-electron chi connectivity index (χ1n) is 5.54. The number of hydrogen-bond acceptors (Lipinski definition) is 3. The molecule has 0 N–H and O–H groups in total. The molecule has 0 saturated carbocycles. The molecule has 1 unspecified atom stereocenters. The van der Waals surface area contributed by atoms with Gasteiger partial charge in [-0.3, -0.25) is 4.79 Å². The van der Waals surface area contributed by atoms with Crippen molar-refractivity contribution in [2.24, 2.45) is 5.92 Å². The molecule has 0 amide bonds. The van der Waals surface area contributed by atoms with E-state index in [0.717, 1.165) is 0 Å². The van der Waals surface area contributed by atoms with E-state index in [0.29, 0.717) is 18.7 Å². The van der Waals surface area contributed by atoms with Crippen molar-refractivity contribution < 1.29 is 13.9 Å². The second kappa shape index (κ2) is 6.35. The molecule has 17 heavy (non-hydrogen) atoms. The van der Waals surface area contributed by atoms with Crippen molar-refractivity contribution in [1.29, 1.82) is 0 Å². The van der Waals surface area contributed by atoms with E-state index in [9.17, 15) is 9.18 Å². The zero-order valence-corrected chi connectivity index (χ0v) is 10.4. The van der Waals surface area contributed by atoms with E-state index in [-0.39, 0.29) is 17.7 Å². The predicted octanol–water partition coefficient (Wildman–Crippen LogP) is 2.07. The zero-order chi connectivity index (χ0) is 12.8. The number of methoxy groups -OCH3 is 1. The lowest BCUT2D eigenvalue weighted by molar-refractivity contribution is -0.145. The molecule has 4 heteroatoms. The van der Waals surface area contributed by atoms with Crippen LogP contribution in [0.2, 0.25) is 0 Å². The van der Waals surface area contributed by atoms with Crippen molar-refractivity contribution in [2.45, 2.75) is 13.5 Å². The Bertz CT molecular complexity index is 381. The summed E-state index contributed by atoms with van der Waals surface area (Å²) in [6, 6.07) is 6.65. The Morgan fingerprint density at radius 1 is 1.47 bits per heavy atom. The van der Waals surface area contributed by atoms with E-state index in [4.69, 9.17) is 0 Å². The van der Waals surface area contributed by atoms with Crippen LogP contribution >= 0.6 is 0 Å². The normalized spacial score (nSPS) is 12.5. The summed E-state index contributed by atoms with van der Waals surface area (Å²) < 4.78 is 18.0. The Morgan fingerprint density at radius 3 is 2.71 bits per heavy atom. The van der Waals surface area contributed by atoms with Gasteiger partial charge in [0.15, 0.2) is 0 Å². The number of halogens is 1. The largest absolute Gasteiger partial charge is 0.469 e. The number of esters is 1. The highest BCUT2D eigenvalue weighted by atomic mass is 19.1. The second-order valence-electron chi connectivity index (χ2n) is 4.21. The van der Waals surface area contributed by atoms with Crippen molar-refractivity contribution >= 4 is 5.97 Å². The minimum atomic E-state index is -0.245.